The van der Waals surface area contributed by atoms with Gasteiger partial charge >= 0.3 is 0 Å². The van der Waals surface area contributed by atoms with Gasteiger partial charge in [-0.15, -0.1) is 0 Å². The largest absolute Gasteiger partial charge is 0.380 e. The Balaban J connectivity index is 2.63. The van der Waals surface area contributed by atoms with Crippen molar-refractivity contribution in [3.8, 4) is 0 Å². The van der Waals surface area contributed by atoms with Crippen LogP contribution >= 0.6 is 0 Å². The fourth-order valence-corrected chi connectivity index (χ4v) is 1.27. The van der Waals surface area contributed by atoms with E-state index in [9.17, 15) is 4.79 Å². The lowest BCUT2D eigenvalue weighted by Gasteiger charge is -2.18. The average molecular weight is 208 g/mol. The SMILES string of the molecule is CCOCCN(C)c1ncccc1C=O. The maximum absolute atomic E-state index is 10.8. The van der Waals surface area contributed by atoms with Crippen LogP contribution in [0.3, 0.4) is 0 Å². The number of pyridine rings is 1. The van der Waals surface area contributed by atoms with Gasteiger partial charge in [0.2, 0.25) is 0 Å². The van der Waals surface area contributed by atoms with E-state index in [1.54, 1.807) is 18.3 Å². The number of carbonyl (C=O) groups is 1. The smallest absolute Gasteiger partial charge is 0.153 e. The molecule has 1 rings (SSSR count). The highest BCUT2D eigenvalue weighted by atomic mass is 16.5. The van der Waals surface area contributed by atoms with Crippen molar-refractivity contribution in [1.82, 2.24) is 4.98 Å². The van der Waals surface area contributed by atoms with Gasteiger partial charge < -0.3 is 9.64 Å². The highest BCUT2D eigenvalue weighted by molar-refractivity contribution is 5.82. The second-order valence-electron chi connectivity index (χ2n) is 3.15. The van der Waals surface area contributed by atoms with Gasteiger partial charge in [-0.25, -0.2) is 4.98 Å². The number of aldehydes is 1. The summed E-state index contributed by atoms with van der Waals surface area (Å²) in [7, 11) is 1.90. The lowest BCUT2D eigenvalue weighted by Crippen LogP contribution is -2.24. The average Bonchev–Trinajstić information content (AvgIpc) is 2.29. The van der Waals surface area contributed by atoms with Crippen molar-refractivity contribution in [2.45, 2.75) is 6.92 Å². The Labute approximate surface area is 89.9 Å². The van der Waals surface area contributed by atoms with Crippen LogP contribution in [-0.4, -0.2) is 38.1 Å². The Hall–Kier alpha value is -1.42. The summed E-state index contributed by atoms with van der Waals surface area (Å²) >= 11 is 0. The minimum absolute atomic E-state index is 0.608. The van der Waals surface area contributed by atoms with Crippen LogP contribution in [0.5, 0.6) is 0 Å². The minimum Gasteiger partial charge on any atom is -0.380 e. The zero-order valence-electron chi connectivity index (χ0n) is 9.14. The molecule has 0 saturated heterocycles. The standard InChI is InChI=1S/C11H16N2O2/c1-3-15-8-7-13(2)11-10(9-14)5-4-6-12-11/h4-6,9H,3,7-8H2,1-2H3. The molecule has 4 nitrogen and oxygen atoms in total. The molecule has 0 N–H and O–H groups in total. The molecule has 15 heavy (non-hydrogen) atoms. The Morgan fingerprint density at radius 1 is 1.60 bits per heavy atom. The predicted octanol–water partition coefficient (Wildman–Crippen LogP) is 1.37. The molecule has 0 spiro atoms. The maximum atomic E-state index is 10.8. The zero-order chi connectivity index (χ0) is 11.1. The van der Waals surface area contributed by atoms with Crippen LogP contribution in [0.15, 0.2) is 18.3 Å². The van der Waals surface area contributed by atoms with Crippen molar-refractivity contribution in [3.05, 3.63) is 23.9 Å². The molecule has 0 amide bonds. The highest BCUT2D eigenvalue weighted by Crippen LogP contribution is 2.12. The molecule has 1 aromatic heterocycles. The number of anilines is 1. The summed E-state index contributed by atoms with van der Waals surface area (Å²) in [5.74, 6) is 0.701. The van der Waals surface area contributed by atoms with Crippen molar-refractivity contribution >= 4 is 12.1 Å². The molecular formula is C11H16N2O2. The van der Waals surface area contributed by atoms with Crippen LogP contribution in [0.2, 0.25) is 0 Å². The van der Waals surface area contributed by atoms with Gasteiger partial charge in [-0.05, 0) is 19.1 Å². The Morgan fingerprint density at radius 2 is 2.40 bits per heavy atom. The molecule has 0 aliphatic heterocycles. The molecule has 0 bridgehead atoms. The van der Waals surface area contributed by atoms with E-state index in [1.165, 1.54) is 0 Å². The van der Waals surface area contributed by atoms with E-state index in [-0.39, 0.29) is 0 Å². The second-order valence-corrected chi connectivity index (χ2v) is 3.15. The van der Waals surface area contributed by atoms with E-state index in [0.29, 0.717) is 24.6 Å². The Bertz CT molecular complexity index is 315. The van der Waals surface area contributed by atoms with Crippen LogP contribution in [0.25, 0.3) is 0 Å². The first-order valence-corrected chi connectivity index (χ1v) is 4.98. The number of likely N-dealkylation sites (N-methyl/N-ethyl adjacent to an activating group) is 1. The number of hydrogen-bond acceptors (Lipinski definition) is 4. The summed E-state index contributed by atoms with van der Waals surface area (Å²) < 4.78 is 5.24. The van der Waals surface area contributed by atoms with Crippen molar-refractivity contribution in [3.63, 3.8) is 0 Å². The van der Waals surface area contributed by atoms with Gasteiger partial charge in [0.05, 0.1) is 12.2 Å². The lowest BCUT2D eigenvalue weighted by molar-refractivity contribution is 0.112. The van der Waals surface area contributed by atoms with E-state index in [0.717, 1.165) is 12.8 Å². The summed E-state index contributed by atoms with van der Waals surface area (Å²) in [6.07, 6.45) is 2.50. The van der Waals surface area contributed by atoms with Crippen LogP contribution in [0, 0.1) is 0 Å². The van der Waals surface area contributed by atoms with Crippen molar-refractivity contribution < 1.29 is 9.53 Å². The normalized spacial score (nSPS) is 10.0. The number of hydrogen-bond donors (Lipinski definition) is 0. The van der Waals surface area contributed by atoms with Gasteiger partial charge in [0, 0.05) is 26.4 Å². The first-order chi connectivity index (χ1) is 7.29. The first kappa shape index (κ1) is 11.7. The summed E-state index contributed by atoms with van der Waals surface area (Å²) in [4.78, 5) is 16.8. The van der Waals surface area contributed by atoms with E-state index in [1.807, 2.05) is 18.9 Å². The van der Waals surface area contributed by atoms with E-state index < -0.39 is 0 Å². The van der Waals surface area contributed by atoms with Gasteiger partial charge in [0.15, 0.2) is 6.29 Å². The summed E-state index contributed by atoms with van der Waals surface area (Å²) in [5, 5.41) is 0. The van der Waals surface area contributed by atoms with Gasteiger partial charge in [0.1, 0.15) is 5.82 Å². The molecule has 0 saturated carbocycles. The number of aromatic nitrogens is 1. The minimum atomic E-state index is 0.608. The molecular weight excluding hydrogens is 192 g/mol. The molecule has 4 heteroatoms. The fraction of sp³-hybridized carbons (Fsp3) is 0.455. The lowest BCUT2D eigenvalue weighted by atomic mass is 10.2. The molecule has 0 atom stereocenters. The van der Waals surface area contributed by atoms with Crippen molar-refractivity contribution in [1.29, 1.82) is 0 Å². The molecule has 0 fully saturated rings. The van der Waals surface area contributed by atoms with E-state index in [2.05, 4.69) is 4.98 Å². The molecule has 0 aromatic carbocycles. The molecule has 0 unspecified atom stereocenters. The molecule has 1 heterocycles. The van der Waals surface area contributed by atoms with Crippen LogP contribution in [-0.2, 0) is 4.74 Å². The molecule has 0 radical (unpaired) electrons. The quantitative estimate of drug-likeness (QED) is 0.523. The third kappa shape index (κ3) is 3.32. The van der Waals surface area contributed by atoms with Crippen molar-refractivity contribution in [2.75, 3.05) is 31.7 Å². The predicted molar refractivity (Wildman–Crippen MR) is 59.4 cm³/mol. The summed E-state index contributed by atoms with van der Waals surface area (Å²) in [6, 6.07) is 3.51. The van der Waals surface area contributed by atoms with Gasteiger partial charge in [-0.2, -0.15) is 0 Å². The number of rotatable bonds is 6. The topological polar surface area (TPSA) is 42.4 Å². The van der Waals surface area contributed by atoms with Crippen LogP contribution in [0.4, 0.5) is 5.82 Å². The first-order valence-electron chi connectivity index (χ1n) is 4.98. The van der Waals surface area contributed by atoms with Crippen LogP contribution < -0.4 is 4.90 Å². The molecule has 1 aromatic rings. The number of carbonyl (C=O) groups excluding carboxylic acids is 1. The summed E-state index contributed by atoms with van der Waals surface area (Å²) in [5.41, 5.74) is 0.608. The van der Waals surface area contributed by atoms with Crippen LogP contribution in [0.1, 0.15) is 17.3 Å². The maximum Gasteiger partial charge on any atom is 0.153 e. The van der Waals surface area contributed by atoms with Gasteiger partial charge in [-0.1, -0.05) is 0 Å². The monoisotopic (exact) mass is 208 g/mol. The van der Waals surface area contributed by atoms with Crippen molar-refractivity contribution in [2.24, 2.45) is 0 Å². The third-order valence-corrected chi connectivity index (χ3v) is 2.08. The number of ether oxygens (including phenoxy) is 1. The Morgan fingerprint density at radius 3 is 3.07 bits per heavy atom. The zero-order valence-corrected chi connectivity index (χ0v) is 9.14. The summed E-state index contributed by atoms with van der Waals surface area (Å²) in [6.45, 7) is 4.03. The fourth-order valence-electron chi connectivity index (χ4n) is 1.27. The molecule has 0 aliphatic carbocycles. The van der Waals surface area contributed by atoms with Gasteiger partial charge in [0.25, 0.3) is 0 Å². The number of nitrogens with zero attached hydrogens (tertiary/aromatic N) is 2. The third-order valence-electron chi connectivity index (χ3n) is 2.08. The van der Waals surface area contributed by atoms with E-state index in [4.69, 9.17) is 4.74 Å². The molecule has 82 valence electrons. The Kier molecular flexibility index (Phi) is 4.77. The second kappa shape index (κ2) is 6.14. The van der Waals surface area contributed by atoms with Gasteiger partial charge in [-0.3, -0.25) is 4.79 Å². The van der Waals surface area contributed by atoms with E-state index >= 15 is 0 Å². The molecule has 0 aliphatic rings. The highest BCUT2D eigenvalue weighted by Gasteiger charge is 2.06.